The van der Waals surface area contributed by atoms with E-state index in [1.807, 2.05) is 13.8 Å². The van der Waals surface area contributed by atoms with Crippen LogP contribution in [0.15, 0.2) is 77.7 Å². The summed E-state index contributed by atoms with van der Waals surface area (Å²) < 4.78 is 45.4. The first-order chi connectivity index (χ1) is 19.6. The molecule has 41 heavy (non-hydrogen) atoms. The van der Waals surface area contributed by atoms with E-state index in [9.17, 15) is 18.0 Å². The van der Waals surface area contributed by atoms with E-state index in [2.05, 4.69) is 5.32 Å². The summed E-state index contributed by atoms with van der Waals surface area (Å²) in [5, 5.41) is 2.84. The number of fused-ring (bicyclic) bond motifs is 1. The summed E-state index contributed by atoms with van der Waals surface area (Å²) in [4.78, 5) is 28.5. The van der Waals surface area contributed by atoms with Gasteiger partial charge in [-0.15, -0.1) is 0 Å². The topological polar surface area (TPSA) is 114 Å². The number of nitrogens with zero attached hydrogens (tertiary/aromatic N) is 2. The molecule has 0 aliphatic carbocycles. The normalized spacial score (nSPS) is 13.3. The van der Waals surface area contributed by atoms with Crippen LogP contribution in [0.4, 0.5) is 5.69 Å². The smallest absolute Gasteiger partial charge is 0.264 e. The summed E-state index contributed by atoms with van der Waals surface area (Å²) in [5.74, 6) is 0.619. The molecule has 0 radical (unpaired) electrons. The molecule has 1 atom stereocenters. The van der Waals surface area contributed by atoms with Crippen molar-refractivity contribution in [2.45, 2.75) is 44.3 Å². The number of hydrogen-bond acceptors (Lipinski definition) is 7. The minimum absolute atomic E-state index is 0.0231. The number of sulfonamides is 1. The summed E-state index contributed by atoms with van der Waals surface area (Å²) in [6.45, 7) is 5.51. The number of rotatable bonds is 11. The molecule has 0 saturated heterocycles. The molecule has 1 N–H and O–H groups in total. The average molecular weight is 582 g/mol. The van der Waals surface area contributed by atoms with Crippen LogP contribution >= 0.6 is 0 Å². The first kappa shape index (κ1) is 29.7. The van der Waals surface area contributed by atoms with Crippen LogP contribution in [0.3, 0.4) is 0 Å². The van der Waals surface area contributed by atoms with Gasteiger partial charge in [0.25, 0.3) is 10.0 Å². The van der Waals surface area contributed by atoms with Crippen molar-refractivity contribution in [2.75, 3.05) is 31.2 Å². The molecule has 3 aromatic carbocycles. The van der Waals surface area contributed by atoms with E-state index in [-0.39, 0.29) is 29.1 Å². The van der Waals surface area contributed by atoms with Crippen molar-refractivity contribution in [3.05, 3.63) is 78.4 Å². The maximum atomic E-state index is 14.0. The highest BCUT2D eigenvalue weighted by molar-refractivity contribution is 7.92. The number of carbonyl (C=O) groups is 2. The molecule has 0 bridgehead atoms. The van der Waals surface area contributed by atoms with Gasteiger partial charge in [-0.1, -0.05) is 30.3 Å². The van der Waals surface area contributed by atoms with Crippen LogP contribution in [0.2, 0.25) is 0 Å². The van der Waals surface area contributed by atoms with Gasteiger partial charge in [-0.05, 0) is 62.7 Å². The third-order valence-corrected chi connectivity index (χ3v) is 8.32. The van der Waals surface area contributed by atoms with Crippen molar-refractivity contribution >= 4 is 27.5 Å². The predicted octanol–water partition coefficient (Wildman–Crippen LogP) is 3.60. The highest BCUT2D eigenvalue weighted by Crippen LogP contribution is 2.36. The third kappa shape index (κ3) is 7.10. The fraction of sp³-hybridized carbons (Fsp3) is 0.333. The Kier molecular flexibility index (Phi) is 9.38. The summed E-state index contributed by atoms with van der Waals surface area (Å²) in [6, 6.07) is 18.7. The Bertz CT molecular complexity index is 1460. The SMILES string of the molecule is COc1ccc(CN(C(=O)CN(c2ccc3c(c2)OCCO3)S(=O)(=O)c2ccccc2)[C@@H](C)C(=O)NC(C)C)cc1. The molecule has 4 rings (SSSR count). The quantitative estimate of drug-likeness (QED) is 0.368. The number of ether oxygens (including phenoxy) is 3. The second-order valence-electron chi connectivity index (χ2n) is 9.86. The highest BCUT2D eigenvalue weighted by atomic mass is 32.2. The lowest BCUT2D eigenvalue weighted by Crippen LogP contribution is -2.52. The largest absolute Gasteiger partial charge is 0.497 e. The molecule has 0 unspecified atom stereocenters. The molecule has 11 heteroatoms. The Morgan fingerprint density at radius 3 is 2.22 bits per heavy atom. The predicted molar refractivity (Wildman–Crippen MR) is 155 cm³/mol. The molecular formula is C30H35N3O7S. The zero-order valence-corrected chi connectivity index (χ0v) is 24.4. The number of benzene rings is 3. The lowest BCUT2D eigenvalue weighted by Gasteiger charge is -2.32. The van der Waals surface area contributed by atoms with Gasteiger partial charge in [-0.25, -0.2) is 8.42 Å². The summed E-state index contributed by atoms with van der Waals surface area (Å²) >= 11 is 0. The maximum Gasteiger partial charge on any atom is 0.264 e. The van der Waals surface area contributed by atoms with Gasteiger partial charge < -0.3 is 24.4 Å². The molecular weight excluding hydrogens is 546 g/mol. The van der Waals surface area contributed by atoms with Crippen molar-refractivity contribution in [3.8, 4) is 17.2 Å². The van der Waals surface area contributed by atoms with Crippen LogP contribution in [0.1, 0.15) is 26.3 Å². The van der Waals surface area contributed by atoms with Crippen LogP contribution in [0.25, 0.3) is 0 Å². The van der Waals surface area contributed by atoms with Crippen LogP contribution in [0, 0.1) is 0 Å². The van der Waals surface area contributed by atoms with E-state index < -0.39 is 28.5 Å². The van der Waals surface area contributed by atoms with Gasteiger partial charge in [0.2, 0.25) is 11.8 Å². The second kappa shape index (κ2) is 12.9. The molecule has 1 aliphatic heterocycles. The van der Waals surface area contributed by atoms with Crippen LogP contribution in [-0.4, -0.2) is 64.1 Å². The van der Waals surface area contributed by atoms with Crippen molar-refractivity contribution in [1.29, 1.82) is 0 Å². The van der Waals surface area contributed by atoms with Crippen molar-refractivity contribution in [3.63, 3.8) is 0 Å². The summed E-state index contributed by atoms with van der Waals surface area (Å²) in [6.07, 6.45) is 0. The van der Waals surface area contributed by atoms with Gasteiger partial charge in [0.15, 0.2) is 11.5 Å². The Morgan fingerprint density at radius 1 is 0.927 bits per heavy atom. The number of anilines is 1. The van der Waals surface area contributed by atoms with Gasteiger partial charge in [-0.3, -0.25) is 13.9 Å². The molecule has 0 spiro atoms. The zero-order valence-electron chi connectivity index (χ0n) is 23.6. The second-order valence-corrected chi connectivity index (χ2v) is 11.7. The van der Waals surface area contributed by atoms with Crippen LogP contribution in [0.5, 0.6) is 17.2 Å². The summed E-state index contributed by atoms with van der Waals surface area (Å²) in [7, 11) is -2.63. The molecule has 1 aliphatic rings. The number of methoxy groups -OCH3 is 1. The standard InChI is InChI=1S/C30H35N3O7S/c1-21(2)31-30(35)22(3)32(19-23-10-13-25(38-4)14-11-23)29(34)20-33(41(36,37)26-8-6-5-7-9-26)24-12-15-27-28(18-24)40-17-16-39-27/h5-15,18,21-22H,16-17,19-20H2,1-4H3,(H,31,35)/t22-/m0/s1. The lowest BCUT2D eigenvalue weighted by atomic mass is 10.1. The molecule has 10 nitrogen and oxygen atoms in total. The van der Waals surface area contributed by atoms with Crippen molar-refractivity contribution in [1.82, 2.24) is 10.2 Å². The molecule has 3 aromatic rings. The molecule has 0 saturated carbocycles. The molecule has 2 amide bonds. The number of hydrogen-bond donors (Lipinski definition) is 1. The third-order valence-electron chi connectivity index (χ3n) is 6.53. The Balaban J connectivity index is 1.72. The highest BCUT2D eigenvalue weighted by Gasteiger charge is 2.33. The monoisotopic (exact) mass is 581 g/mol. The molecule has 218 valence electrons. The Hall–Kier alpha value is -4.25. The fourth-order valence-electron chi connectivity index (χ4n) is 4.35. The zero-order chi connectivity index (χ0) is 29.6. The van der Waals surface area contributed by atoms with Gasteiger partial charge in [0.05, 0.1) is 17.7 Å². The Labute approximate surface area is 240 Å². The van der Waals surface area contributed by atoms with Gasteiger partial charge in [0.1, 0.15) is 31.5 Å². The van der Waals surface area contributed by atoms with Crippen LogP contribution in [-0.2, 0) is 26.2 Å². The number of amides is 2. The van der Waals surface area contributed by atoms with E-state index in [1.54, 1.807) is 74.7 Å². The van der Waals surface area contributed by atoms with E-state index >= 15 is 0 Å². The van der Waals surface area contributed by atoms with E-state index in [0.29, 0.717) is 30.5 Å². The maximum absolute atomic E-state index is 14.0. The van der Waals surface area contributed by atoms with Crippen molar-refractivity contribution < 1.29 is 32.2 Å². The first-order valence-corrected chi connectivity index (χ1v) is 14.7. The number of nitrogens with one attached hydrogen (secondary N) is 1. The molecule has 1 heterocycles. The van der Waals surface area contributed by atoms with Gasteiger partial charge in [-0.2, -0.15) is 0 Å². The minimum Gasteiger partial charge on any atom is -0.497 e. The van der Waals surface area contributed by atoms with Crippen molar-refractivity contribution in [2.24, 2.45) is 0 Å². The van der Waals surface area contributed by atoms with Crippen LogP contribution < -0.4 is 23.8 Å². The minimum atomic E-state index is -4.18. The van der Waals surface area contributed by atoms with E-state index in [0.717, 1.165) is 9.87 Å². The molecule has 0 fully saturated rings. The van der Waals surface area contributed by atoms with E-state index in [1.165, 1.54) is 17.0 Å². The number of carbonyl (C=O) groups excluding carboxylic acids is 2. The molecule has 0 aromatic heterocycles. The fourth-order valence-corrected chi connectivity index (χ4v) is 5.78. The van der Waals surface area contributed by atoms with Gasteiger partial charge >= 0.3 is 0 Å². The Morgan fingerprint density at radius 2 is 1.59 bits per heavy atom. The average Bonchev–Trinajstić information content (AvgIpc) is 2.98. The van der Waals surface area contributed by atoms with Gasteiger partial charge in [0, 0.05) is 18.7 Å². The first-order valence-electron chi connectivity index (χ1n) is 13.3. The summed E-state index contributed by atoms with van der Waals surface area (Å²) in [5.41, 5.74) is 0.982. The van der Waals surface area contributed by atoms with E-state index in [4.69, 9.17) is 14.2 Å². The lowest BCUT2D eigenvalue weighted by molar-refractivity contribution is -0.139.